The number of hydrogen-bond donors (Lipinski definition) is 0. The van der Waals surface area contributed by atoms with Crippen LogP contribution in [0.2, 0.25) is 5.02 Å². The Morgan fingerprint density at radius 1 is 1.09 bits per heavy atom. The van der Waals surface area contributed by atoms with E-state index < -0.39 is 5.82 Å². The first kappa shape index (κ1) is 22.8. The van der Waals surface area contributed by atoms with Crippen molar-refractivity contribution >= 4 is 34.8 Å². The van der Waals surface area contributed by atoms with Crippen LogP contribution in [0.4, 0.5) is 10.1 Å². The van der Waals surface area contributed by atoms with Crippen molar-refractivity contribution in [2.24, 2.45) is 17.1 Å². The number of para-hydroxylation sites is 1. The van der Waals surface area contributed by atoms with Crippen LogP contribution in [0.15, 0.2) is 91.6 Å². The van der Waals surface area contributed by atoms with Gasteiger partial charge in [-0.2, -0.15) is 5.10 Å². The third-order valence-electron chi connectivity index (χ3n) is 5.49. The number of benzene rings is 2. The van der Waals surface area contributed by atoms with Crippen LogP contribution in [-0.2, 0) is 7.05 Å². The Bertz CT molecular complexity index is 1640. The van der Waals surface area contributed by atoms with Crippen LogP contribution in [0.25, 0.3) is 17.1 Å². The van der Waals surface area contributed by atoms with E-state index in [0.717, 1.165) is 5.69 Å². The molecule has 2 aromatic carbocycles. The maximum Gasteiger partial charge on any atom is 0.297 e. The smallest absolute Gasteiger partial charge is 0.297 e. The molecule has 0 saturated heterocycles. The van der Waals surface area contributed by atoms with Crippen molar-refractivity contribution in [2.45, 2.75) is 6.92 Å². The molecule has 0 bridgehead atoms. The molecule has 3 heterocycles. The van der Waals surface area contributed by atoms with Gasteiger partial charge in [-0.05, 0) is 43.3 Å². The summed E-state index contributed by atoms with van der Waals surface area (Å²) in [5.74, 6) is 0.0470. The quantitative estimate of drug-likeness (QED) is 0.294. The van der Waals surface area contributed by atoms with Crippen molar-refractivity contribution < 1.29 is 8.81 Å². The molecule has 0 amide bonds. The molecule has 5 aromatic rings. The Morgan fingerprint density at radius 2 is 1.89 bits per heavy atom. The van der Waals surface area contributed by atoms with E-state index in [1.54, 1.807) is 40.9 Å². The summed E-state index contributed by atoms with van der Waals surface area (Å²) < 4.78 is 24.7. The lowest BCUT2D eigenvalue weighted by Gasteiger charge is -2.07. The summed E-state index contributed by atoms with van der Waals surface area (Å²) in [5, 5.41) is 6.51. The van der Waals surface area contributed by atoms with Gasteiger partial charge in [-0.1, -0.05) is 35.9 Å². The lowest BCUT2D eigenvalue weighted by molar-refractivity contribution is 0.575. The van der Waals surface area contributed by atoms with Gasteiger partial charge in [0.1, 0.15) is 11.5 Å². The molecule has 5 rings (SSSR count). The number of halogens is 2. The van der Waals surface area contributed by atoms with Crippen molar-refractivity contribution in [1.82, 2.24) is 14.0 Å². The molecular weight excluding hydrogens is 489 g/mol. The van der Waals surface area contributed by atoms with Gasteiger partial charge in [-0.15, -0.1) is 11.3 Å². The average Bonchev–Trinajstić information content (AvgIpc) is 3.56. The highest BCUT2D eigenvalue weighted by molar-refractivity contribution is 7.07. The van der Waals surface area contributed by atoms with E-state index in [0.29, 0.717) is 21.9 Å². The number of thiazole rings is 1. The number of nitrogens with zero attached hydrogens (tertiary/aromatic N) is 5. The van der Waals surface area contributed by atoms with E-state index >= 15 is 0 Å². The van der Waals surface area contributed by atoms with E-state index in [2.05, 4.69) is 10.1 Å². The van der Waals surface area contributed by atoms with Gasteiger partial charge in [0.25, 0.3) is 5.56 Å². The van der Waals surface area contributed by atoms with Gasteiger partial charge in [0, 0.05) is 18.0 Å². The highest BCUT2D eigenvalue weighted by Crippen LogP contribution is 2.23. The molecule has 7 nitrogen and oxygen atoms in total. The largest absolute Gasteiger partial charge is 0.463 e. The molecule has 0 N–H and O–H groups in total. The minimum Gasteiger partial charge on any atom is -0.463 e. The van der Waals surface area contributed by atoms with E-state index in [1.165, 1.54) is 34.4 Å². The second-order valence-corrected chi connectivity index (χ2v) is 8.84. The summed E-state index contributed by atoms with van der Waals surface area (Å²) in [6.07, 6.45) is 2.88. The maximum atomic E-state index is 14.3. The second kappa shape index (κ2) is 9.36. The SMILES string of the molecule is Cc1c(N=c2scc(-c3ccco3)n2N=Cc2c(F)cccc2Cl)c(=O)n(-c2ccccc2)n1C. The van der Waals surface area contributed by atoms with Crippen LogP contribution in [0.3, 0.4) is 0 Å². The Labute approximate surface area is 208 Å². The summed E-state index contributed by atoms with van der Waals surface area (Å²) in [6.45, 7) is 1.83. The molecule has 35 heavy (non-hydrogen) atoms. The van der Waals surface area contributed by atoms with Crippen LogP contribution in [-0.4, -0.2) is 20.3 Å². The zero-order valence-electron chi connectivity index (χ0n) is 18.7. The Hall–Kier alpha value is -3.95. The van der Waals surface area contributed by atoms with Crippen LogP contribution < -0.4 is 10.4 Å². The van der Waals surface area contributed by atoms with Crippen LogP contribution in [0, 0.1) is 12.7 Å². The molecule has 0 aliphatic heterocycles. The highest BCUT2D eigenvalue weighted by Gasteiger charge is 2.17. The molecule has 176 valence electrons. The van der Waals surface area contributed by atoms with Crippen LogP contribution >= 0.6 is 22.9 Å². The monoisotopic (exact) mass is 507 g/mol. The lowest BCUT2D eigenvalue weighted by atomic mass is 10.2. The molecule has 0 aliphatic rings. The highest BCUT2D eigenvalue weighted by atomic mass is 35.5. The van der Waals surface area contributed by atoms with Crippen LogP contribution in [0.1, 0.15) is 11.3 Å². The number of hydrogen-bond acceptors (Lipinski definition) is 5. The molecular formula is C25H19ClFN5O2S. The molecule has 0 atom stereocenters. The predicted octanol–water partition coefficient (Wildman–Crippen LogP) is 5.51. The zero-order valence-corrected chi connectivity index (χ0v) is 20.3. The fourth-order valence-corrected chi connectivity index (χ4v) is 4.65. The number of furan rings is 1. The first-order valence-electron chi connectivity index (χ1n) is 10.6. The van der Waals surface area contributed by atoms with Gasteiger partial charge < -0.3 is 4.42 Å². The predicted molar refractivity (Wildman–Crippen MR) is 135 cm³/mol. The van der Waals surface area contributed by atoms with Crippen molar-refractivity contribution in [3.63, 3.8) is 0 Å². The van der Waals surface area contributed by atoms with Crippen molar-refractivity contribution in [3.05, 3.63) is 110 Å². The molecule has 0 saturated carbocycles. The fourth-order valence-electron chi connectivity index (χ4n) is 3.61. The lowest BCUT2D eigenvalue weighted by Crippen LogP contribution is -2.19. The minimum absolute atomic E-state index is 0.145. The average molecular weight is 508 g/mol. The summed E-state index contributed by atoms with van der Waals surface area (Å²) in [5.41, 5.74) is 2.16. The van der Waals surface area contributed by atoms with E-state index in [1.807, 2.05) is 42.6 Å². The molecule has 0 unspecified atom stereocenters. The zero-order chi connectivity index (χ0) is 24.5. The molecule has 0 spiro atoms. The molecule has 3 aromatic heterocycles. The van der Waals surface area contributed by atoms with Gasteiger partial charge in [-0.3, -0.25) is 9.48 Å². The van der Waals surface area contributed by atoms with Crippen molar-refractivity contribution in [2.75, 3.05) is 0 Å². The number of aromatic nitrogens is 3. The molecule has 0 radical (unpaired) electrons. The van der Waals surface area contributed by atoms with E-state index in [9.17, 15) is 9.18 Å². The molecule has 10 heteroatoms. The standard InChI is InChI=1S/C25H19ClFN5O2S/c1-16-23(24(33)32(30(16)2)17-8-4-3-5-9-17)29-25-31(21(15-35-25)22-12-7-13-34-22)28-14-18-19(26)10-6-11-20(18)27/h3-15H,1-2H3. The Morgan fingerprint density at radius 3 is 2.60 bits per heavy atom. The van der Waals surface area contributed by atoms with Crippen LogP contribution in [0.5, 0.6) is 0 Å². The van der Waals surface area contributed by atoms with Gasteiger partial charge in [0.2, 0.25) is 4.80 Å². The fraction of sp³-hybridized carbons (Fsp3) is 0.0800. The van der Waals surface area contributed by atoms with E-state index in [4.69, 9.17) is 16.0 Å². The van der Waals surface area contributed by atoms with Crippen molar-refractivity contribution in [1.29, 1.82) is 0 Å². The normalized spacial score (nSPS) is 12.2. The molecule has 0 fully saturated rings. The van der Waals surface area contributed by atoms with Gasteiger partial charge in [0.15, 0.2) is 11.4 Å². The van der Waals surface area contributed by atoms with Gasteiger partial charge in [-0.25, -0.2) is 18.7 Å². The van der Waals surface area contributed by atoms with Gasteiger partial charge in [0.05, 0.1) is 28.9 Å². The van der Waals surface area contributed by atoms with E-state index in [-0.39, 0.29) is 21.8 Å². The first-order valence-corrected chi connectivity index (χ1v) is 11.8. The third-order valence-corrected chi connectivity index (χ3v) is 6.64. The summed E-state index contributed by atoms with van der Waals surface area (Å²) >= 11 is 7.45. The minimum atomic E-state index is -0.500. The summed E-state index contributed by atoms with van der Waals surface area (Å²) in [6, 6.07) is 17.3. The topological polar surface area (TPSA) is 69.7 Å². The van der Waals surface area contributed by atoms with Crippen molar-refractivity contribution in [3.8, 4) is 17.1 Å². The second-order valence-electron chi connectivity index (χ2n) is 7.59. The molecule has 0 aliphatic carbocycles. The summed E-state index contributed by atoms with van der Waals surface area (Å²) in [4.78, 5) is 18.4. The Kier molecular flexibility index (Phi) is 6.10. The maximum absolute atomic E-state index is 14.3. The third kappa shape index (κ3) is 4.20. The first-order chi connectivity index (χ1) is 17.0. The van der Waals surface area contributed by atoms with Gasteiger partial charge >= 0.3 is 0 Å². The number of rotatable bonds is 5. The summed E-state index contributed by atoms with van der Waals surface area (Å²) in [7, 11) is 1.80. The Balaban J connectivity index is 1.70.